The van der Waals surface area contributed by atoms with Crippen LogP contribution in [0.25, 0.3) is 11.0 Å². The van der Waals surface area contributed by atoms with Gasteiger partial charge in [-0.05, 0) is 55.8 Å². The number of rotatable bonds is 8. The van der Waals surface area contributed by atoms with Crippen LogP contribution >= 0.6 is 0 Å². The number of sulfonamides is 1. The molecule has 1 amide bonds. The molecular weight excluding hydrogens is 436 g/mol. The molecule has 0 aliphatic heterocycles. The number of nitrogens with zero attached hydrogens (tertiary/aromatic N) is 3. The zero-order chi connectivity index (χ0) is 23.4. The van der Waals surface area contributed by atoms with E-state index in [0.29, 0.717) is 17.8 Å². The summed E-state index contributed by atoms with van der Waals surface area (Å²) < 4.78 is 29.4. The Kier molecular flexibility index (Phi) is 6.46. The number of para-hydroxylation sites is 3. The number of anilines is 1. The highest BCUT2D eigenvalue weighted by molar-refractivity contribution is 7.92. The number of carbonyl (C=O) groups excluding carboxylic acids is 1. The average Bonchev–Trinajstić information content (AvgIpc) is 3.16. The molecule has 0 saturated carbocycles. The summed E-state index contributed by atoms with van der Waals surface area (Å²) in [5.74, 6) is 0.629. The highest BCUT2D eigenvalue weighted by Crippen LogP contribution is 2.22. The molecule has 1 N–H and O–H groups in total. The second-order valence-electron chi connectivity index (χ2n) is 7.74. The molecule has 33 heavy (non-hydrogen) atoms. The first-order valence-corrected chi connectivity index (χ1v) is 12.2. The number of carbonyl (C=O) groups is 1. The molecule has 0 saturated heterocycles. The van der Waals surface area contributed by atoms with Gasteiger partial charge in [0.1, 0.15) is 5.82 Å². The lowest BCUT2D eigenvalue weighted by Gasteiger charge is -2.19. The Labute approximate surface area is 193 Å². The van der Waals surface area contributed by atoms with Gasteiger partial charge in [0, 0.05) is 25.7 Å². The topological polar surface area (TPSA) is 84.3 Å². The molecule has 1 heterocycles. The quantitative estimate of drug-likeness (QED) is 0.401. The van der Waals surface area contributed by atoms with Crippen molar-refractivity contribution in [2.75, 3.05) is 17.9 Å². The third-order valence-electron chi connectivity index (χ3n) is 5.56. The zero-order valence-corrected chi connectivity index (χ0v) is 19.4. The standard InChI is InChI=1S/C25H26N4O3S/c1-19-27-23-14-6-7-15-24(23)29(19)17-9-16-26-25(30)20-10-8-13-22(18-20)33(31,32)28(2)21-11-4-3-5-12-21/h3-8,10-15,18H,9,16-17H2,1-2H3,(H,26,30). The van der Waals surface area contributed by atoms with Crippen LogP contribution < -0.4 is 9.62 Å². The molecular formula is C25H26N4O3S. The zero-order valence-electron chi connectivity index (χ0n) is 18.6. The Morgan fingerprint density at radius 3 is 2.52 bits per heavy atom. The number of nitrogens with one attached hydrogen (secondary N) is 1. The lowest BCUT2D eigenvalue weighted by atomic mass is 10.2. The number of imidazole rings is 1. The molecule has 0 bridgehead atoms. The molecule has 0 atom stereocenters. The monoisotopic (exact) mass is 462 g/mol. The number of hydrogen-bond acceptors (Lipinski definition) is 4. The first-order chi connectivity index (χ1) is 15.9. The van der Waals surface area contributed by atoms with Gasteiger partial charge in [-0.2, -0.15) is 0 Å². The maximum Gasteiger partial charge on any atom is 0.264 e. The molecule has 0 fully saturated rings. The van der Waals surface area contributed by atoms with Gasteiger partial charge in [-0.3, -0.25) is 9.10 Å². The Morgan fingerprint density at radius 2 is 1.73 bits per heavy atom. The largest absolute Gasteiger partial charge is 0.352 e. The third-order valence-corrected chi connectivity index (χ3v) is 7.35. The molecule has 0 aliphatic carbocycles. The van der Waals surface area contributed by atoms with Crippen LogP contribution in [0.3, 0.4) is 0 Å². The molecule has 0 spiro atoms. The van der Waals surface area contributed by atoms with E-state index in [1.54, 1.807) is 36.4 Å². The summed E-state index contributed by atoms with van der Waals surface area (Å²) in [5.41, 5.74) is 2.88. The van der Waals surface area contributed by atoms with E-state index in [2.05, 4.69) is 14.9 Å². The van der Waals surface area contributed by atoms with Gasteiger partial charge in [-0.25, -0.2) is 13.4 Å². The number of aryl methyl sites for hydroxylation is 2. The third kappa shape index (κ3) is 4.75. The van der Waals surface area contributed by atoms with E-state index >= 15 is 0 Å². The molecule has 0 radical (unpaired) electrons. The van der Waals surface area contributed by atoms with Crippen LogP contribution in [0, 0.1) is 6.92 Å². The molecule has 1 aromatic heterocycles. The van der Waals surface area contributed by atoms with Gasteiger partial charge in [0.2, 0.25) is 0 Å². The van der Waals surface area contributed by atoms with Gasteiger partial charge in [0.05, 0.1) is 21.6 Å². The van der Waals surface area contributed by atoms with Gasteiger partial charge in [0.15, 0.2) is 0 Å². The molecule has 7 nitrogen and oxygen atoms in total. The predicted molar refractivity (Wildman–Crippen MR) is 130 cm³/mol. The van der Waals surface area contributed by atoms with Crippen molar-refractivity contribution >= 4 is 32.7 Å². The van der Waals surface area contributed by atoms with E-state index < -0.39 is 10.0 Å². The number of aromatic nitrogens is 2. The van der Waals surface area contributed by atoms with Crippen LogP contribution in [0.2, 0.25) is 0 Å². The van der Waals surface area contributed by atoms with Crippen molar-refractivity contribution in [2.24, 2.45) is 0 Å². The van der Waals surface area contributed by atoms with Gasteiger partial charge in [-0.1, -0.05) is 36.4 Å². The van der Waals surface area contributed by atoms with Crippen LogP contribution in [-0.2, 0) is 16.6 Å². The molecule has 8 heteroatoms. The van der Waals surface area contributed by atoms with Crippen LogP contribution in [0.5, 0.6) is 0 Å². The Morgan fingerprint density at radius 1 is 1.00 bits per heavy atom. The summed E-state index contributed by atoms with van der Waals surface area (Å²) in [6, 6.07) is 22.9. The van der Waals surface area contributed by atoms with Crippen molar-refractivity contribution in [3.63, 3.8) is 0 Å². The first-order valence-electron chi connectivity index (χ1n) is 10.7. The highest BCUT2D eigenvalue weighted by Gasteiger charge is 2.22. The van der Waals surface area contributed by atoms with E-state index in [9.17, 15) is 13.2 Å². The van der Waals surface area contributed by atoms with E-state index in [1.165, 1.54) is 23.5 Å². The normalized spacial score (nSPS) is 11.5. The molecule has 0 unspecified atom stereocenters. The number of amides is 1. The van der Waals surface area contributed by atoms with Crippen molar-refractivity contribution in [1.82, 2.24) is 14.9 Å². The van der Waals surface area contributed by atoms with Gasteiger partial charge < -0.3 is 9.88 Å². The van der Waals surface area contributed by atoms with E-state index in [4.69, 9.17) is 0 Å². The maximum absolute atomic E-state index is 13.0. The van der Waals surface area contributed by atoms with Crippen LogP contribution in [-0.4, -0.2) is 37.5 Å². The van der Waals surface area contributed by atoms with Crippen molar-refractivity contribution < 1.29 is 13.2 Å². The summed E-state index contributed by atoms with van der Waals surface area (Å²) in [6.07, 6.45) is 0.724. The van der Waals surface area contributed by atoms with Gasteiger partial charge in [0.25, 0.3) is 15.9 Å². The molecule has 3 aromatic carbocycles. The van der Waals surface area contributed by atoms with Crippen molar-refractivity contribution in [3.8, 4) is 0 Å². The van der Waals surface area contributed by atoms with Crippen molar-refractivity contribution in [1.29, 1.82) is 0 Å². The van der Waals surface area contributed by atoms with Crippen molar-refractivity contribution in [3.05, 3.63) is 90.3 Å². The number of benzene rings is 3. The fourth-order valence-corrected chi connectivity index (χ4v) is 4.99. The maximum atomic E-state index is 13.0. The van der Waals surface area contributed by atoms with E-state index in [-0.39, 0.29) is 10.8 Å². The lowest BCUT2D eigenvalue weighted by molar-refractivity contribution is 0.0952. The fourth-order valence-electron chi connectivity index (χ4n) is 3.75. The SMILES string of the molecule is Cc1nc2ccccc2n1CCCNC(=O)c1cccc(S(=O)(=O)N(C)c2ccccc2)c1. The lowest BCUT2D eigenvalue weighted by Crippen LogP contribution is -2.28. The first kappa shape index (κ1) is 22.5. The minimum Gasteiger partial charge on any atom is -0.352 e. The Bertz CT molecular complexity index is 1380. The second-order valence-corrected chi connectivity index (χ2v) is 9.71. The minimum absolute atomic E-state index is 0.0713. The fraction of sp³-hybridized carbons (Fsp3) is 0.200. The van der Waals surface area contributed by atoms with Crippen molar-refractivity contribution in [2.45, 2.75) is 24.8 Å². The molecule has 170 valence electrons. The van der Waals surface area contributed by atoms with Crippen LogP contribution in [0.15, 0.2) is 83.8 Å². The molecule has 4 aromatic rings. The van der Waals surface area contributed by atoms with Gasteiger partial charge >= 0.3 is 0 Å². The summed E-state index contributed by atoms with van der Waals surface area (Å²) in [6.45, 7) is 3.16. The van der Waals surface area contributed by atoms with E-state index in [1.807, 2.05) is 37.3 Å². The summed E-state index contributed by atoms with van der Waals surface area (Å²) >= 11 is 0. The second kappa shape index (κ2) is 9.46. The van der Waals surface area contributed by atoms with Gasteiger partial charge in [-0.15, -0.1) is 0 Å². The van der Waals surface area contributed by atoms with Crippen LogP contribution in [0.1, 0.15) is 22.6 Å². The molecule has 0 aliphatic rings. The van der Waals surface area contributed by atoms with Crippen LogP contribution in [0.4, 0.5) is 5.69 Å². The summed E-state index contributed by atoms with van der Waals surface area (Å²) in [7, 11) is -2.29. The molecule has 4 rings (SSSR count). The number of hydrogen-bond donors (Lipinski definition) is 1. The smallest absolute Gasteiger partial charge is 0.264 e. The summed E-state index contributed by atoms with van der Waals surface area (Å²) in [4.78, 5) is 17.3. The minimum atomic E-state index is -3.79. The Balaban J connectivity index is 1.40. The Hall–Kier alpha value is -3.65. The predicted octanol–water partition coefficient (Wildman–Crippen LogP) is 3.99. The highest BCUT2D eigenvalue weighted by atomic mass is 32.2. The average molecular weight is 463 g/mol. The summed E-state index contributed by atoms with van der Waals surface area (Å²) in [5, 5.41) is 2.89. The van der Waals surface area contributed by atoms with E-state index in [0.717, 1.165) is 29.8 Å². The number of fused-ring (bicyclic) bond motifs is 1.